The first-order valence-electron chi connectivity index (χ1n) is 15.6. The van der Waals surface area contributed by atoms with Gasteiger partial charge >= 0.3 is 11.6 Å². The molecule has 43 heavy (non-hydrogen) atoms. The normalized spacial score (nSPS) is 49.3. The zero-order valence-electron chi connectivity index (χ0n) is 25.0. The molecule has 13 atom stereocenters. The third-order valence-electron chi connectivity index (χ3n) is 12.3. The molecule has 4 N–H and O–H groups in total. The highest BCUT2D eigenvalue weighted by molar-refractivity contribution is 5.70. The molecule has 4 aliphatic carbocycles. The van der Waals surface area contributed by atoms with Gasteiger partial charge in [0.2, 0.25) is 0 Å². The molecule has 0 aromatic carbocycles. The second kappa shape index (κ2) is 10.7. The van der Waals surface area contributed by atoms with Crippen LogP contribution < -0.4 is 5.63 Å². The number of fused-ring (bicyclic) bond motifs is 5. The molecule has 2 heterocycles. The Hall–Kier alpha value is -2.15. The number of rotatable bonds is 5. The molecule has 1 aromatic rings. The van der Waals surface area contributed by atoms with Crippen LogP contribution in [0.2, 0.25) is 0 Å². The Balaban J connectivity index is 1.29. The highest BCUT2D eigenvalue weighted by atomic mass is 16.7. The fraction of sp³-hybridized carbons (Fsp3) is 0.781. The zero-order chi connectivity index (χ0) is 30.9. The second-order valence-electron chi connectivity index (χ2n) is 14.0. The summed E-state index contributed by atoms with van der Waals surface area (Å²) in [6.45, 7) is 5.03. The van der Waals surface area contributed by atoms with Crippen molar-refractivity contribution in [1.29, 1.82) is 0 Å². The maximum Gasteiger partial charge on any atom is 0.335 e. The van der Waals surface area contributed by atoms with Gasteiger partial charge in [-0.1, -0.05) is 6.92 Å². The van der Waals surface area contributed by atoms with Gasteiger partial charge in [-0.2, -0.15) is 0 Å². The molecule has 5 aliphatic rings. The van der Waals surface area contributed by atoms with E-state index >= 15 is 0 Å². The molecule has 0 amide bonds. The van der Waals surface area contributed by atoms with E-state index in [1.54, 1.807) is 13.0 Å². The van der Waals surface area contributed by atoms with Gasteiger partial charge in [-0.15, -0.1) is 0 Å². The van der Waals surface area contributed by atoms with Crippen molar-refractivity contribution in [3.8, 4) is 0 Å². The van der Waals surface area contributed by atoms with Gasteiger partial charge in [-0.05, 0) is 87.7 Å². The summed E-state index contributed by atoms with van der Waals surface area (Å²) in [5, 5.41) is 43.5. The van der Waals surface area contributed by atoms with Crippen molar-refractivity contribution in [2.75, 3.05) is 0 Å². The van der Waals surface area contributed by atoms with Gasteiger partial charge in [0.1, 0.15) is 30.2 Å². The van der Waals surface area contributed by atoms with E-state index in [4.69, 9.17) is 18.6 Å². The van der Waals surface area contributed by atoms with E-state index in [1.807, 2.05) is 0 Å². The van der Waals surface area contributed by atoms with Crippen LogP contribution in [0.15, 0.2) is 27.6 Å². The molecule has 11 nitrogen and oxygen atoms in total. The molecule has 6 rings (SSSR count). The standard InChI is InChI=1S/C32H44O11/c1-17-25(36)26(37)27(38)28(41-17)42-20-6-11-30(16-33)22-7-10-29(3)21(19-4-5-24(35)40-15-19)9-13-32(29,39)23(22)8-12-31(30,14-20)43-18(2)34/h4-5,15-17,20-23,25-28,36-39H,6-14H2,1-3H3/t17-,20+,21-,22+,23-,25+,26+,27-,28-,29-,30+,31+,32+/m1/s1. The average molecular weight is 605 g/mol. The molecule has 0 spiro atoms. The van der Waals surface area contributed by atoms with Gasteiger partial charge in [0.15, 0.2) is 6.29 Å². The molecule has 1 aliphatic heterocycles. The molecule has 5 fully saturated rings. The van der Waals surface area contributed by atoms with Crippen molar-refractivity contribution < 1.29 is 48.6 Å². The predicted octanol–water partition coefficient (Wildman–Crippen LogP) is 1.96. The van der Waals surface area contributed by atoms with Gasteiger partial charge in [-0.3, -0.25) is 4.79 Å². The van der Waals surface area contributed by atoms with E-state index in [9.17, 15) is 34.8 Å². The van der Waals surface area contributed by atoms with Crippen LogP contribution in [-0.2, 0) is 23.8 Å². The van der Waals surface area contributed by atoms with E-state index in [1.165, 1.54) is 19.3 Å². The fourth-order valence-electron chi connectivity index (χ4n) is 10.1. The molecule has 0 bridgehead atoms. The number of carbonyl (C=O) groups is 2. The van der Waals surface area contributed by atoms with Gasteiger partial charge < -0.3 is 43.8 Å². The Bertz CT molecular complexity index is 1280. The van der Waals surface area contributed by atoms with Crippen molar-refractivity contribution in [2.45, 2.75) is 132 Å². The van der Waals surface area contributed by atoms with Crippen LogP contribution in [0.5, 0.6) is 0 Å². The minimum absolute atomic E-state index is 0.00236. The van der Waals surface area contributed by atoms with E-state index < -0.39 is 70.4 Å². The number of carbonyl (C=O) groups excluding carboxylic acids is 2. The van der Waals surface area contributed by atoms with Gasteiger partial charge in [0.05, 0.1) is 29.5 Å². The lowest BCUT2D eigenvalue weighted by atomic mass is 9.41. The highest BCUT2D eigenvalue weighted by Gasteiger charge is 2.72. The van der Waals surface area contributed by atoms with Crippen LogP contribution >= 0.6 is 0 Å². The number of aliphatic hydroxyl groups is 4. The lowest BCUT2D eigenvalue weighted by Crippen LogP contribution is -2.70. The Morgan fingerprint density at radius 1 is 1.00 bits per heavy atom. The largest absolute Gasteiger partial charge is 0.458 e. The third-order valence-corrected chi connectivity index (χ3v) is 12.3. The Labute approximate surface area is 250 Å². The van der Waals surface area contributed by atoms with Crippen molar-refractivity contribution in [1.82, 2.24) is 0 Å². The smallest absolute Gasteiger partial charge is 0.335 e. The predicted molar refractivity (Wildman–Crippen MR) is 150 cm³/mol. The maximum absolute atomic E-state index is 13.3. The molecular formula is C32H44O11. The van der Waals surface area contributed by atoms with Crippen molar-refractivity contribution in [2.24, 2.45) is 22.7 Å². The lowest BCUT2D eigenvalue weighted by Gasteiger charge is -2.65. The quantitative estimate of drug-likeness (QED) is 0.220. The summed E-state index contributed by atoms with van der Waals surface area (Å²) < 4.78 is 23.2. The summed E-state index contributed by atoms with van der Waals surface area (Å²) in [6.07, 6.45) is 0.290. The first-order chi connectivity index (χ1) is 20.3. The molecule has 4 saturated carbocycles. The Kier molecular flexibility index (Phi) is 7.70. The van der Waals surface area contributed by atoms with E-state index in [0.29, 0.717) is 44.9 Å². The monoisotopic (exact) mass is 604 g/mol. The second-order valence-corrected chi connectivity index (χ2v) is 14.0. The van der Waals surface area contributed by atoms with Gasteiger partial charge in [0, 0.05) is 24.8 Å². The summed E-state index contributed by atoms with van der Waals surface area (Å²) in [5.74, 6) is -0.924. The number of aldehydes is 1. The molecule has 1 aromatic heterocycles. The van der Waals surface area contributed by atoms with Crippen molar-refractivity contribution in [3.63, 3.8) is 0 Å². The number of esters is 1. The minimum atomic E-state index is -1.47. The van der Waals surface area contributed by atoms with Crippen molar-refractivity contribution in [3.05, 3.63) is 34.4 Å². The van der Waals surface area contributed by atoms with E-state index in [-0.39, 0.29) is 24.2 Å². The molecule has 0 radical (unpaired) electrons. The zero-order valence-corrected chi connectivity index (χ0v) is 25.0. The Morgan fingerprint density at radius 3 is 2.42 bits per heavy atom. The molecule has 0 unspecified atom stereocenters. The molecule has 1 saturated heterocycles. The Morgan fingerprint density at radius 2 is 1.74 bits per heavy atom. The van der Waals surface area contributed by atoms with Crippen LogP contribution in [0.1, 0.15) is 90.0 Å². The van der Waals surface area contributed by atoms with Crippen LogP contribution in [-0.4, -0.2) is 80.7 Å². The molecule has 11 heteroatoms. The van der Waals surface area contributed by atoms with Crippen LogP contribution in [0.3, 0.4) is 0 Å². The molecular weight excluding hydrogens is 560 g/mol. The lowest BCUT2D eigenvalue weighted by molar-refractivity contribution is -0.317. The van der Waals surface area contributed by atoms with E-state index in [0.717, 1.165) is 18.3 Å². The highest BCUT2D eigenvalue weighted by Crippen LogP contribution is 2.71. The van der Waals surface area contributed by atoms with Crippen LogP contribution in [0.4, 0.5) is 0 Å². The fourth-order valence-corrected chi connectivity index (χ4v) is 10.1. The summed E-state index contributed by atoms with van der Waals surface area (Å²) in [5.41, 5.74) is -3.28. The van der Waals surface area contributed by atoms with Crippen molar-refractivity contribution >= 4 is 12.3 Å². The number of ether oxygens (including phenoxy) is 3. The number of hydrogen-bond donors (Lipinski definition) is 4. The first-order valence-corrected chi connectivity index (χ1v) is 15.6. The average Bonchev–Trinajstić information content (AvgIpc) is 3.25. The van der Waals surface area contributed by atoms with E-state index in [2.05, 4.69) is 6.92 Å². The summed E-state index contributed by atoms with van der Waals surface area (Å²) >= 11 is 0. The van der Waals surface area contributed by atoms with Crippen LogP contribution in [0.25, 0.3) is 0 Å². The number of hydrogen-bond acceptors (Lipinski definition) is 11. The topological polar surface area (TPSA) is 173 Å². The number of aliphatic hydroxyl groups excluding tert-OH is 3. The first kappa shape index (κ1) is 30.9. The summed E-state index contributed by atoms with van der Waals surface area (Å²) in [7, 11) is 0. The van der Waals surface area contributed by atoms with Gasteiger partial charge in [0.25, 0.3) is 0 Å². The minimum Gasteiger partial charge on any atom is -0.458 e. The molecule has 238 valence electrons. The summed E-state index contributed by atoms with van der Waals surface area (Å²) in [6, 6.07) is 3.20. The maximum atomic E-state index is 13.3. The van der Waals surface area contributed by atoms with Crippen LogP contribution in [0, 0.1) is 22.7 Å². The third kappa shape index (κ3) is 4.48. The summed E-state index contributed by atoms with van der Waals surface area (Å²) in [4.78, 5) is 37.5. The SMILES string of the molecule is CC(=O)O[C@]12CC[C@@H]3[C@H](CC[C@]4(C)[C@@H](c5ccc(=O)oc5)CC[C@]34O)[C@@]1(C=O)CC[C@H](O[C@H]1O[C@H](C)[C@H](O)[C@H](O)[C@H]1O)C2. The van der Waals surface area contributed by atoms with Gasteiger partial charge in [-0.25, -0.2) is 4.79 Å².